The van der Waals surface area contributed by atoms with Crippen LogP contribution in [-0.4, -0.2) is 212 Å². The van der Waals surface area contributed by atoms with Gasteiger partial charge in [0.2, 0.25) is 17.7 Å². The molecule has 12 rings (SSSR count). The summed E-state index contributed by atoms with van der Waals surface area (Å²) in [6.45, 7) is 12.5. The van der Waals surface area contributed by atoms with Crippen molar-refractivity contribution in [1.29, 1.82) is 0 Å². The first-order valence-electron chi connectivity index (χ1n) is 37.0. The number of aromatic amines is 1. The average molecular weight is 1660 g/mol. The standard InChI is InChI=1S/C78H89ClF4N12O14S4/c1-51(2)94-52(3)74(111(4,101)102)71(73(94)53-15-17-55(79)18-16-53)54-44-56(80)46-61(45-54)91-37-35-90(36-38-91)60-21-19-57(20-22-60)88-113(105,106)63-23-24-65(68(47-63)112(103,104)78(81,82)83)85-58(50-110-62-10-6-5-7-11-62)27-30-89-31-33-92(34-32-89)70(97)14-9-29-93-48-59(87-93)49-109-43-42-108-41-40-107-39-28-84-66-13-8-12-64-72(66)77(100)95(76(64)99)67-25-26-69(96)86-75(67)98/h5-8,10-13,15-24,44-48,51,58,67,84-85,87-88H,9,14,25-43,49-50H2,1-4H3,(H,86,96,98)/t58-,67?/m1/s1. The third kappa shape index (κ3) is 19.9. The van der Waals surface area contributed by atoms with Crippen LogP contribution in [0.5, 0.6) is 0 Å². The topological polar surface area (TPSA) is 305 Å². The van der Waals surface area contributed by atoms with Crippen molar-refractivity contribution in [3.8, 4) is 22.4 Å². The number of anilines is 5. The second kappa shape index (κ2) is 36.1. The van der Waals surface area contributed by atoms with E-state index in [4.69, 9.17) is 25.8 Å². The number of fused-ring (bicyclic) bond motifs is 1. The summed E-state index contributed by atoms with van der Waals surface area (Å²) in [4.78, 5) is 71.8. The number of H-pyrrole nitrogens is 1. The minimum absolute atomic E-state index is 0.00272. The fourth-order valence-corrected chi connectivity index (χ4v) is 19.0. The molecule has 604 valence electrons. The number of amides is 5. The number of hydrogen-bond acceptors (Lipinski definition) is 20. The number of rotatable bonds is 35. The van der Waals surface area contributed by atoms with Gasteiger partial charge in [-0.3, -0.25) is 53.6 Å². The van der Waals surface area contributed by atoms with Gasteiger partial charge in [-0.1, -0.05) is 48.0 Å². The highest BCUT2D eigenvalue weighted by atomic mass is 35.5. The summed E-state index contributed by atoms with van der Waals surface area (Å²) in [6.07, 6.45) is 4.36. The summed E-state index contributed by atoms with van der Waals surface area (Å²) in [5.74, 6) is -2.59. The van der Waals surface area contributed by atoms with E-state index < -0.39 is 92.2 Å². The Morgan fingerprint density at radius 3 is 2.05 bits per heavy atom. The third-order valence-corrected chi connectivity index (χ3v) is 25.6. The van der Waals surface area contributed by atoms with Gasteiger partial charge in [-0.25, -0.2) is 29.6 Å². The van der Waals surface area contributed by atoms with Gasteiger partial charge in [-0.15, -0.1) is 11.8 Å². The maximum Gasteiger partial charge on any atom is 0.501 e. The Labute approximate surface area is 662 Å². The lowest BCUT2D eigenvalue weighted by atomic mass is 9.99. The van der Waals surface area contributed by atoms with Crippen molar-refractivity contribution in [2.24, 2.45) is 0 Å². The van der Waals surface area contributed by atoms with Gasteiger partial charge in [0.1, 0.15) is 16.8 Å². The SMILES string of the molecule is Cc1c(S(C)(=O)=O)c(-c2cc(F)cc(N3CCN(c4ccc(NS(=O)(=O)c5ccc(N[C@H](CCN6CCN(C(=O)CCCn7cc(COCCOCCOCCNc8cccc9c8C(=O)N(C8CCC(=O)NC8=O)C9=O)[nH]7)CC6)CSc6ccccc6)c(S(=O)(=O)C(F)(F)F)c5)cc4)CC3)c2)c(-c2ccc(Cl)cc2)n1C(C)C. The Kier molecular flexibility index (Phi) is 26.5. The number of piperazine rings is 2. The van der Waals surface area contributed by atoms with Crippen LogP contribution in [0.15, 0.2) is 159 Å². The number of thioether (sulfide) groups is 1. The highest BCUT2D eigenvalue weighted by Gasteiger charge is 2.49. The van der Waals surface area contributed by atoms with Crippen LogP contribution in [0, 0.1) is 12.7 Å². The number of aromatic nitrogens is 3. The van der Waals surface area contributed by atoms with Gasteiger partial charge in [-0.2, -0.15) is 13.2 Å². The van der Waals surface area contributed by atoms with Crippen LogP contribution in [-0.2, 0) is 71.4 Å². The lowest BCUT2D eigenvalue weighted by molar-refractivity contribution is -0.136. The minimum Gasteiger partial charge on any atom is -0.382 e. The molecule has 0 aliphatic carbocycles. The number of carbonyl (C=O) groups is 5. The molecule has 0 bridgehead atoms. The zero-order chi connectivity index (χ0) is 80.5. The minimum atomic E-state index is -6.14. The van der Waals surface area contributed by atoms with Crippen molar-refractivity contribution in [2.75, 3.05) is 136 Å². The Hall–Kier alpha value is -9.26. The molecule has 6 heterocycles. The molecule has 3 fully saturated rings. The van der Waals surface area contributed by atoms with Crippen molar-refractivity contribution >= 4 is 111 Å². The lowest BCUT2D eigenvalue weighted by Crippen LogP contribution is -2.54. The normalized spacial score (nSPS) is 16.3. The largest absolute Gasteiger partial charge is 0.501 e. The number of carbonyl (C=O) groups excluding carboxylic acids is 5. The Morgan fingerprint density at radius 2 is 1.39 bits per heavy atom. The fourth-order valence-electron chi connectivity index (χ4n) is 14.5. The number of nitrogens with zero attached hydrogens (tertiary/aromatic N) is 7. The van der Waals surface area contributed by atoms with Crippen LogP contribution < -0.4 is 30.5 Å². The summed E-state index contributed by atoms with van der Waals surface area (Å²) in [7, 11) is -14.7. The summed E-state index contributed by atoms with van der Waals surface area (Å²) >= 11 is 7.68. The van der Waals surface area contributed by atoms with E-state index in [1.165, 1.54) is 42.1 Å². The van der Waals surface area contributed by atoms with Gasteiger partial charge < -0.3 is 44.1 Å². The predicted octanol–water partition coefficient (Wildman–Crippen LogP) is 11.1. The molecule has 5 N–H and O–H groups in total. The van der Waals surface area contributed by atoms with Crippen LogP contribution >= 0.6 is 23.4 Å². The highest BCUT2D eigenvalue weighted by Crippen LogP contribution is 2.46. The maximum atomic E-state index is 15.9. The van der Waals surface area contributed by atoms with Crippen LogP contribution in [0.2, 0.25) is 5.02 Å². The molecular weight excluding hydrogens is 1570 g/mol. The number of piperidine rings is 1. The van der Waals surface area contributed by atoms with E-state index in [1.807, 2.05) is 69.4 Å². The third-order valence-electron chi connectivity index (χ3n) is 20.1. The number of halogens is 5. The van der Waals surface area contributed by atoms with Gasteiger partial charge in [-0.05, 0) is 148 Å². The molecule has 5 amide bonds. The van der Waals surface area contributed by atoms with Crippen molar-refractivity contribution < 1.29 is 81.0 Å². The van der Waals surface area contributed by atoms with E-state index in [0.717, 1.165) is 33.9 Å². The monoisotopic (exact) mass is 1660 g/mol. The summed E-state index contributed by atoms with van der Waals surface area (Å²) in [5.41, 5.74) is -0.734. The number of sulfonamides is 1. The molecular formula is C78H89ClF4N12O14S4. The molecule has 0 saturated carbocycles. The molecule has 113 heavy (non-hydrogen) atoms. The Bertz CT molecular complexity index is 5120. The van der Waals surface area contributed by atoms with Gasteiger partial charge in [0, 0.05) is 159 Å². The van der Waals surface area contributed by atoms with Crippen LogP contribution in [0.4, 0.5) is 46.0 Å². The number of ether oxygens (including phenoxy) is 3. The van der Waals surface area contributed by atoms with Crippen molar-refractivity contribution in [1.82, 2.24) is 34.4 Å². The van der Waals surface area contributed by atoms with Crippen molar-refractivity contribution in [3.63, 3.8) is 0 Å². The van der Waals surface area contributed by atoms with Gasteiger partial charge in [0.15, 0.2) is 9.84 Å². The zero-order valence-corrected chi connectivity index (χ0v) is 66.7. The van der Waals surface area contributed by atoms with Crippen molar-refractivity contribution in [2.45, 2.75) is 109 Å². The van der Waals surface area contributed by atoms with Crippen molar-refractivity contribution in [3.05, 3.63) is 173 Å². The molecule has 1 unspecified atom stereocenters. The molecule has 35 heteroatoms. The van der Waals surface area contributed by atoms with E-state index in [2.05, 4.69) is 30.7 Å². The molecule has 0 radical (unpaired) electrons. The van der Waals surface area contributed by atoms with E-state index in [-0.39, 0.29) is 58.9 Å². The smallest absolute Gasteiger partial charge is 0.382 e. The molecule has 8 aromatic rings. The summed E-state index contributed by atoms with van der Waals surface area (Å²) in [6, 6.07) is 32.7. The zero-order valence-electron chi connectivity index (χ0n) is 62.6. The molecule has 3 saturated heterocycles. The van der Waals surface area contributed by atoms with E-state index >= 15 is 4.39 Å². The Balaban J connectivity index is 0.581. The predicted molar refractivity (Wildman–Crippen MR) is 423 cm³/mol. The number of aryl methyl sites for hydroxylation is 1. The number of hydrogen-bond donors (Lipinski definition) is 5. The molecule has 6 aromatic carbocycles. The second-order valence-corrected chi connectivity index (χ2v) is 35.3. The van der Waals surface area contributed by atoms with E-state index in [1.54, 1.807) is 66.4 Å². The lowest BCUT2D eigenvalue weighted by Gasteiger charge is -2.37. The van der Waals surface area contributed by atoms with Crippen LogP contribution in [0.3, 0.4) is 0 Å². The van der Waals surface area contributed by atoms with Crippen LogP contribution in [0.1, 0.15) is 84.1 Å². The molecule has 26 nitrogen and oxygen atoms in total. The van der Waals surface area contributed by atoms with E-state index in [0.29, 0.717) is 181 Å². The number of alkyl halides is 3. The van der Waals surface area contributed by atoms with Gasteiger partial charge in [0.05, 0.1) is 77.6 Å². The quantitative estimate of drug-likeness (QED) is 0.0107. The van der Waals surface area contributed by atoms with Gasteiger partial charge >= 0.3 is 5.51 Å². The first kappa shape index (κ1) is 83.2. The summed E-state index contributed by atoms with van der Waals surface area (Å²) < 4.78 is 165. The first-order valence-corrected chi connectivity index (χ1v) is 43.2. The van der Waals surface area contributed by atoms with Gasteiger partial charge in [0.25, 0.3) is 31.7 Å². The number of imide groups is 2. The molecule has 4 aliphatic heterocycles. The average Bonchev–Trinajstić information content (AvgIpc) is 1.60. The first-order chi connectivity index (χ1) is 53.9. The number of benzene rings is 6. The fraction of sp³-hybridized carbons (Fsp3) is 0.397. The summed E-state index contributed by atoms with van der Waals surface area (Å²) in [5, 5.41) is 12.1. The highest BCUT2D eigenvalue weighted by molar-refractivity contribution is 7.99. The molecule has 2 atom stereocenters. The number of nitrogens with one attached hydrogen (secondary N) is 5. The van der Waals surface area contributed by atoms with E-state index in [9.17, 15) is 62.4 Å². The molecule has 0 spiro atoms. The Morgan fingerprint density at radius 1 is 0.717 bits per heavy atom. The second-order valence-electron chi connectivity index (χ2n) is 28.2. The maximum absolute atomic E-state index is 15.9. The molecule has 4 aliphatic rings. The van der Waals surface area contributed by atoms with Crippen LogP contribution in [0.25, 0.3) is 22.4 Å². The molecule has 2 aromatic heterocycles. The number of sulfone groups is 2.